The second-order valence-electron chi connectivity index (χ2n) is 6.57. The van der Waals surface area contributed by atoms with Gasteiger partial charge in [-0.25, -0.2) is 9.11 Å². The minimum absolute atomic E-state index is 0.0102. The van der Waals surface area contributed by atoms with Crippen molar-refractivity contribution in [2.45, 2.75) is 17.3 Å². The molecule has 0 fully saturated rings. The van der Waals surface area contributed by atoms with E-state index in [-0.39, 0.29) is 11.3 Å². The van der Waals surface area contributed by atoms with E-state index in [4.69, 9.17) is 11.6 Å². The zero-order valence-electron chi connectivity index (χ0n) is 16.6. The molecule has 29 heavy (non-hydrogen) atoms. The van der Waals surface area contributed by atoms with Crippen molar-refractivity contribution < 1.29 is 4.39 Å². The average molecular weight is 454 g/mol. The molecule has 156 valence electrons. The summed E-state index contributed by atoms with van der Waals surface area (Å²) >= 11 is 9.33. The van der Waals surface area contributed by atoms with Crippen molar-refractivity contribution in [3.63, 3.8) is 0 Å². The molecule has 1 aliphatic rings. The lowest BCUT2D eigenvalue weighted by Crippen LogP contribution is -2.28. The molecule has 1 aliphatic heterocycles. The number of nitrogens with zero attached hydrogens (tertiary/aromatic N) is 1. The van der Waals surface area contributed by atoms with Gasteiger partial charge >= 0.3 is 0 Å². The predicted molar refractivity (Wildman–Crippen MR) is 126 cm³/mol. The van der Waals surface area contributed by atoms with Crippen molar-refractivity contribution >= 4 is 52.4 Å². The van der Waals surface area contributed by atoms with E-state index in [1.807, 2.05) is 51.5 Å². The molecule has 1 heterocycles. The van der Waals surface area contributed by atoms with Crippen molar-refractivity contribution in [1.29, 1.82) is 0 Å². The molecule has 1 unspecified atom stereocenters. The van der Waals surface area contributed by atoms with Gasteiger partial charge in [0, 0.05) is 37.3 Å². The van der Waals surface area contributed by atoms with Gasteiger partial charge in [-0.15, -0.1) is 0 Å². The maximum absolute atomic E-state index is 14.7. The Hall–Kier alpha value is -1.58. The smallest absolute Gasteiger partial charge is 0.140 e. The Labute approximate surface area is 185 Å². The highest BCUT2D eigenvalue weighted by molar-refractivity contribution is 8.05. The lowest BCUT2D eigenvalue weighted by Gasteiger charge is -2.23. The van der Waals surface area contributed by atoms with E-state index in [9.17, 15) is 4.39 Å². The normalized spacial score (nSPS) is 15.8. The number of hydrogen-bond acceptors (Lipinski definition) is 7. The minimum atomic E-state index is -0.330. The van der Waals surface area contributed by atoms with Crippen molar-refractivity contribution in [2.24, 2.45) is 0 Å². The molecule has 0 aliphatic carbocycles. The zero-order chi connectivity index (χ0) is 20.8. The summed E-state index contributed by atoms with van der Waals surface area (Å²) in [6, 6.07) is 11.0. The zero-order valence-corrected chi connectivity index (χ0v) is 18.9. The Morgan fingerprint density at radius 1 is 1.28 bits per heavy atom. The van der Waals surface area contributed by atoms with Gasteiger partial charge < -0.3 is 20.9 Å². The van der Waals surface area contributed by atoms with Gasteiger partial charge in [0.2, 0.25) is 0 Å². The van der Waals surface area contributed by atoms with Crippen LogP contribution in [-0.2, 0) is 0 Å². The van der Waals surface area contributed by atoms with Gasteiger partial charge in [0.05, 0.1) is 27.0 Å². The highest BCUT2D eigenvalue weighted by Gasteiger charge is 2.17. The molecule has 9 heteroatoms. The van der Waals surface area contributed by atoms with E-state index in [1.54, 1.807) is 17.8 Å². The first-order chi connectivity index (χ1) is 14.0. The number of anilines is 3. The topological polar surface area (TPSA) is 51.4 Å². The molecule has 4 N–H and O–H groups in total. The second-order valence-corrected chi connectivity index (χ2v) is 9.21. The lowest BCUT2D eigenvalue weighted by atomic mass is 10.2. The van der Waals surface area contributed by atoms with E-state index in [1.165, 1.54) is 22.9 Å². The number of para-hydroxylation sites is 2. The monoisotopic (exact) mass is 453 g/mol. The second kappa shape index (κ2) is 10.4. The highest BCUT2D eigenvalue weighted by atomic mass is 35.5. The fourth-order valence-corrected chi connectivity index (χ4v) is 4.67. The van der Waals surface area contributed by atoms with Crippen LogP contribution in [0.3, 0.4) is 0 Å². The minimum Gasteiger partial charge on any atom is -0.372 e. The predicted octanol–water partition coefficient (Wildman–Crippen LogP) is 4.96. The number of halogens is 2. The van der Waals surface area contributed by atoms with Crippen molar-refractivity contribution in [3.8, 4) is 0 Å². The quantitative estimate of drug-likeness (QED) is 0.400. The lowest BCUT2D eigenvalue weighted by molar-refractivity contribution is 0.602. The average Bonchev–Trinajstić information content (AvgIpc) is 3.13. The van der Waals surface area contributed by atoms with Crippen LogP contribution in [0.25, 0.3) is 0 Å². The molecular formula is C20H25ClFN5S2. The standard InChI is InChI=1S/C20H25ClFN5S2/c1-13-12-24-20(28-13)26-29-19-10-14(21)17(11-15(19)22)25-16-6-4-5-7-18(16)27(3)9-8-23-2/h4-7,10-12,20,23-26H,8-9H2,1-3H3. The molecule has 0 radical (unpaired) electrons. The van der Waals surface area contributed by atoms with Crippen LogP contribution >= 0.6 is 35.3 Å². The largest absolute Gasteiger partial charge is 0.372 e. The van der Waals surface area contributed by atoms with Crippen molar-refractivity contribution in [1.82, 2.24) is 15.4 Å². The number of thioether (sulfide) groups is 1. The first-order valence-electron chi connectivity index (χ1n) is 9.20. The highest BCUT2D eigenvalue weighted by Crippen LogP contribution is 2.35. The van der Waals surface area contributed by atoms with E-state index in [0.29, 0.717) is 15.6 Å². The van der Waals surface area contributed by atoms with Crippen molar-refractivity contribution in [2.75, 3.05) is 37.4 Å². The summed E-state index contributed by atoms with van der Waals surface area (Å²) in [5, 5.41) is 10.1. The van der Waals surface area contributed by atoms with Crippen LogP contribution in [0.2, 0.25) is 5.02 Å². The summed E-state index contributed by atoms with van der Waals surface area (Å²) in [7, 11) is 3.95. The third-order valence-corrected chi connectivity index (χ3v) is 6.65. The van der Waals surface area contributed by atoms with Gasteiger partial charge in [0.25, 0.3) is 0 Å². The number of allylic oxidation sites excluding steroid dienone is 1. The number of nitrogens with one attached hydrogen (secondary N) is 4. The molecule has 0 saturated heterocycles. The van der Waals surface area contributed by atoms with Crippen LogP contribution in [0.15, 0.2) is 52.4 Å². The van der Waals surface area contributed by atoms with Gasteiger partial charge in [0.1, 0.15) is 11.3 Å². The van der Waals surface area contributed by atoms with Crippen LogP contribution in [0.1, 0.15) is 6.92 Å². The Balaban J connectivity index is 1.71. The summed E-state index contributed by atoms with van der Waals surface area (Å²) in [6.45, 7) is 3.73. The van der Waals surface area contributed by atoms with E-state index < -0.39 is 0 Å². The molecule has 2 aromatic rings. The SMILES string of the molecule is CNCCN(C)c1ccccc1Nc1cc(F)c(SNC2NC=C(C)S2)cc1Cl. The molecule has 0 aromatic heterocycles. The molecule has 0 saturated carbocycles. The van der Waals surface area contributed by atoms with Crippen LogP contribution < -0.4 is 25.6 Å². The van der Waals surface area contributed by atoms with Crippen LogP contribution in [0, 0.1) is 5.82 Å². The summed E-state index contributed by atoms with van der Waals surface area (Å²) < 4.78 is 17.9. The van der Waals surface area contributed by atoms with Gasteiger partial charge in [-0.2, -0.15) is 0 Å². The fourth-order valence-electron chi connectivity index (χ4n) is 2.78. The first-order valence-corrected chi connectivity index (χ1v) is 11.3. The van der Waals surface area contributed by atoms with Gasteiger partial charge in [-0.3, -0.25) is 0 Å². The number of rotatable bonds is 9. The molecule has 2 aromatic carbocycles. The fraction of sp³-hybridized carbons (Fsp3) is 0.300. The number of hydrogen-bond donors (Lipinski definition) is 4. The number of benzene rings is 2. The third kappa shape index (κ3) is 5.96. The Bertz CT molecular complexity index is 880. The Kier molecular flexibility index (Phi) is 7.97. The summed E-state index contributed by atoms with van der Waals surface area (Å²) in [5.41, 5.74) is 2.44. The molecule has 0 amide bonds. The third-order valence-electron chi connectivity index (χ3n) is 4.32. The van der Waals surface area contributed by atoms with E-state index >= 15 is 0 Å². The summed E-state index contributed by atoms with van der Waals surface area (Å²) in [5.74, 6) is -0.330. The van der Waals surface area contributed by atoms with Crippen LogP contribution in [-0.4, -0.2) is 32.7 Å². The van der Waals surface area contributed by atoms with Crippen molar-refractivity contribution in [3.05, 3.63) is 58.3 Å². The number of likely N-dealkylation sites (N-methyl/N-ethyl adjacent to an activating group) is 2. The molecule has 0 bridgehead atoms. The van der Waals surface area contributed by atoms with Crippen LogP contribution in [0.5, 0.6) is 0 Å². The maximum atomic E-state index is 14.7. The maximum Gasteiger partial charge on any atom is 0.140 e. The Morgan fingerprint density at radius 3 is 2.79 bits per heavy atom. The van der Waals surface area contributed by atoms with Crippen LogP contribution in [0.4, 0.5) is 21.5 Å². The van der Waals surface area contributed by atoms with E-state index in [0.717, 1.165) is 24.5 Å². The van der Waals surface area contributed by atoms with Gasteiger partial charge in [-0.05, 0) is 44.1 Å². The molecule has 3 rings (SSSR count). The molecular weight excluding hydrogens is 429 g/mol. The summed E-state index contributed by atoms with van der Waals surface area (Å²) in [6.07, 6.45) is 1.93. The molecule has 1 atom stereocenters. The first kappa shape index (κ1) is 22.1. The van der Waals surface area contributed by atoms with E-state index in [2.05, 4.69) is 25.6 Å². The summed E-state index contributed by atoms with van der Waals surface area (Å²) in [4.78, 5) is 3.77. The molecule has 0 spiro atoms. The van der Waals surface area contributed by atoms with Gasteiger partial charge in [0.15, 0.2) is 0 Å². The molecule has 5 nitrogen and oxygen atoms in total. The van der Waals surface area contributed by atoms with Gasteiger partial charge in [-0.1, -0.05) is 35.5 Å². The Morgan fingerprint density at radius 2 is 2.07 bits per heavy atom.